The SMILES string of the molecule is Cc1c(-c2n(-c3ccccc3)cc[n+]2C)cccc1-c1n(-c2ccccc2)cc[n+]1C. The van der Waals surface area contributed by atoms with Gasteiger partial charge in [0, 0.05) is 0 Å². The van der Waals surface area contributed by atoms with E-state index >= 15 is 0 Å². The van der Waals surface area contributed by atoms with Crippen LogP contribution in [0.5, 0.6) is 0 Å². The molecule has 2 aromatic heterocycles. The number of imidazole rings is 2. The Morgan fingerprint density at radius 1 is 0.548 bits per heavy atom. The molecule has 0 aliphatic heterocycles. The second kappa shape index (κ2) is 7.73. The first-order valence-electron chi connectivity index (χ1n) is 10.5. The summed E-state index contributed by atoms with van der Waals surface area (Å²) in [4.78, 5) is 0. The highest BCUT2D eigenvalue weighted by Gasteiger charge is 2.26. The highest BCUT2D eigenvalue weighted by Crippen LogP contribution is 2.31. The number of para-hydroxylation sites is 2. The van der Waals surface area contributed by atoms with Gasteiger partial charge in [0.2, 0.25) is 0 Å². The molecule has 31 heavy (non-hydrogen) atoms. The third-order valence-electron chi connectivity index (χ3n) is 5.89. The van der Waals surface area contributed by atoms with Crippen molar-refractivity contribution in [2.75, 3.05) is 0 Å². The second-order valence-corrected chi connectivity index (χ2v) is 7.85. The first kappa shape index (κ1) is 19.1. The van der Waals surface area contributed by atoms with Crippen LogP contribution in [0, 0.1) is 6.92 Å². The molecule has 0 fully saturated rings. The van der Waals surface area contributed by atoms with Crippen molar-refractivity contribution >= 4 is 0 Å². The molecule has 0 aliphatic carbocycles. The Labute approximate surface area is 182 Å². The lowest BCUT2D eigenvalue weighted by Gasteiger charge is -2.10. The van der Waals surface area contributed by atoms with Gasteiger partial charge in [-0.3, -0.25) is 0 Å². The fourth-order valence-corrected chi connectivity index (χ4v) is 4.31. The lowest BCUT2D eigenvalue weighted by atomic mass is 10.0. The van der Waals surface area contributed by atoms with Gasteiger partial charge in [0.15, 0.2) is 0 Å². The summed E-state index contributed by atoms with van der Waals surface area (Å²) in [5, 5.41) is 0. The van der Waals surface area contributed by atoms with Gasteiger partial charge in [-0.1, -0.05) is 42.5 Å². The molecule has 0 aliphatic rings. The van der Waals surface area contributed by atoms with Gasteiger partial charge in [0.25, 0.3) is 11.6 Å². The first-order valence-corrected chi connectivity index (χ1v) is 10.5. The molecule has 5 rings (SSSR count). The van der Waals surface area contributed by atoms with Gasteiger partial charge < -0.3 is 0 Å². The van der Waals surface area contributed by atoms with Crippen molar-refractivity contribution in [2.45, 2.75) is 6.92 Å². The Hall–Kier alpha value is -3.92. The molecule has 152 valence electrons. The maximum atomic E-state index is 2.25. The van der Waals surface area contributed by atoms with Gasteiger partial charge >= 0.3 is 0 Å². The van der Waals surface area contributed by atoms with E-state index in [1.807, 2.05) is 0 Å². The Bertz CT molecular complexity index is 1240. The summed E-state index contributed by atoms with van der Waals surface area (Å²) in [5.41, 5.74) is 5.99. The van der Waals surface area contributed by atoms with Crippen LogP contribution in [0.2, 0.25) is 0 Å². The van der Waals surface area contributed by atoms with Crippen LogP contribution in [-0.2, 0) is 14.1 Å². The molecule has 0 N–H and O–H groups in total. The van der Waals surface area contributed by atoms with Gasteiger partial charge in [-0.25, -0.2) is 9.13 Å². The molecule has 2 heterocycles. The molecule has 4 nitrogen and oxygen atoms in total. The standard InChI is InChI=1S/C27H26N4/c1-21-24(26-28(2)17-19-30(26)22-11-6-4-7-12-22)15-10-16-25(21)27-29(3)18-20-31(27)23-13-8-5-9-14-23/h4-20H,1-3H3/q+2. The molecule has 5 aromatic rings. The van der Waals surface area contributed by atoms with Gasteiger partial charge in [0.05, 0.1) is 25.2 Å². The van der Waals surface area contributed by atoms with Crippen LogP contribution in [-0.4, -0.2) is 9.13 Å². The van der Waals surface area contributed by atoms with Crippen LogP contribution in [0.4, 0.5) is 0 Å². The number of nitrogens with zero attached hydrogens (tertiary/aromatic N) is 4. The average Bonchev–Trinajstić information content (AvgIpc) is 3.38. The summed E-state index contributed by atoms with van der Waals surface area (Å²) in [6.07, 6.45) is 8.48. The highest BCUT2D eigenvalue weighted by atomic mass is 15.1. The Kier molecular flexibility index (Phi) is 4.75. The zero-order valence-corrected chi connectivity index (χ0v) is 18.1. The summed E-state index contributed by atoms with van der Waals surface area (Å²) in [6.45, 7) is 2.22. The van der Waals surface area contributed by atoms with Gasteiger partial charge in [-0.05, 0) is 48.9 Å². The van der Waals surface area contributed by atoms with Crippen molar-refractivity contribution in [3.05, 3.63) is 109 Å². The Morgan fingerprint density at radius 2 is 0.968 bits per heavy atom. The zero-order valence-electron chi connectivity index (χ0n) is 18.1. The van der Waals surface area contributed by atoms with Gasteiger partial charge in [-0.15, -0.1) is 0 Å². The number of hydrogen-bond donors (Lipinski definition) is 0. The van der Waals surface area contributed by atoms with Crippen LogP contribution in [0.1, 0.15) is 5.56 Å². The predicted molar refractivity (Wildman–Crippen MR) is 123 cm³/mol. The van der Waals surface area contributed by atoms with E-state index in [0.717, 1.165) is 23.0 Å². The normalized spacial score (nSPS) is 11.1. The maximum absolute atomic E-state index is 2.25. The fourth-order valence-electron chi connectivity index (χ4n) is 4.31. The number of hydrogen-bond acceptors (Lipinski definition) is 0. The number of aromatic nitrogens is 4. The molecule has 0 saturated carbocycles. The van der Waals surface area contributed by atoms with Crippen molar-refractivity contribution in [2.24, 2.45) is 14.1 Å². The van der Waals surface area contributed by atoms with Crippen LogP contribution in [0.15, 0.2) is 104 Å². The molecule has 0 saturated heterocycles. The molecule has 3 aromatic carbocycles. The van der Waals surface area contributed by atoms with Crippen molar-refractivity contribution in [1.82, 2.24) is 9.13 Å². The van der Waals surface area contributed by atoms with E-state index in [2.05, 4.69) is 143 Å². The first-order chi connectivity index (χ1) is 15.1. The second-order valence-electron chi connectivity index (χ2n) is 7.85. The summed E-state index contributed by atoms with van der Waals surface area (Å²) < 4.78 is 8.88. The summed E-state index contributed by atoms with van der Waals surface area (Å²) >= 11 is 0. The van der Waals surface area contributed by atoms with Gasteiger partial charge in [-0.2, -0.15) is 9.13 Å². The summed E-state index contributed by atoms with van der Waals surface area (Å²) in [5.74, 6) is 2.32. The third-order valence-corrected chi connectivity index (χ3v) is 5.89. The lowest BCUT2D eigenvalue weighted by Crippen LogP contribution is -2.30. The number of benzene rings is 3. The van der Waals surface area contributed by atoms with E-state index in [0.29, 0.717) is 0 Å². The van der Waals surface area contributed by atoms with Crippen molar-refractivity contribution < 1.29 is 9.13 Å². The smallest absolute Gasteiger partial charge is 0.232 e. The quantitative estimate of drug-likeness (QED) is 0.390. The average molecular weight is 407 g/mol. The van der Waals surface area contributed by atoms with Crippen LogP contribution >= 0.6 is 0 Å². The van der Waals surface area contributed by atoms with Crippen LogP contribution < -0.4 is 9.13 Å². The number of rotatable bonds is 4. The topological polar surface area (TPSA) is 17.6 Å². The lowest BCUT2D eigenvalue weighted by molar-refractivity contribution is -0.659. The maximum Gasteiger partial charge on any atom is 0.294 e. The zero-order chi connectivity index (χ0) is 21.4. The van der Waals surface area contributed by atoms with Crippen LogP contribution in [0.3, 0.4) is 0 Å². The molecule has 0 spiro atoms. The minimum absolute atomic E-state index is 1.15. The molecule has 0 bridgehead atoms. The van der Waals surface area contributed by atoms with Crippen LogP contribution in [0.25, 0.3) is 34.2 Å². The molecule has 0 unspecified atom stereocenters. The van der Waals surface area contributed by atoms with E-state index in [9.17, 15) is 0 Å². The molecular weight excluding hydrogens is 380 g/mol. The largest absolute Gasteiger partial charge is 0.294 e. The summed E-state index contributed by atoms with van der Waals surface area (Å²) in [7, 11) is 4.21. The van der Waals surface area contributed by atoms with E-state index in [1.54, 1.807) is 0 Å². The van der Waals surface area contributed by atoms with E-state index < -0.39 is 0 Å². The van der Waals surface area contributed by atoms with Gasteiger partial charge in [0.1, 0.15) is 36.2 Å². The van der Waals surface area contributed by atoms with E-state index in [1.165, 1.54) is 16.7 Å². The monoisotopic (exact) mass is 406 g/mol. The van der Waals surface area contributed by atoms with E-state index in [-0.39, 0.29) is 0 Å². The predicted octanol–water partition coefficient (Wildman–Crippen LogP) is 4.56. The summed E-state index contributed by atoms with van der Waals surface area (Å²) in [6, 6.07) is 27.6. The highest BCUT2D eigenvalue weighted by molar-refractivity contribution is 5.72. The Morgan fingerprint density at radius 3 is 1.39 bits per heavy atom. The molecule has 0 radical (unpaired) electrons. The number of aryl methyl sites for hydroxylation is 2. The minimum Gasteiger partial charge on any atom is -0.232 e. The molecule has 4 heteroatoms. The van der Waals surface area contributed by atoms with Crippen molar-refractivity contribution in [1.29, 1.82) is 0 Å². The fraction of sp³-hybridized carbons (Fsp3) is 0.111. The van der Waals surface area contributed by atoms with E-state index in [4.69, 9.17) is 0 Å². The van der Waals surface area contributed by atoms with Crippen molar-refractivity contribution in [3.8, 4) is 34.2 Å². The van der Waals surface area contributed by atoms with Crippen molar-refractivity contribution in [3.63, 3.8) is 0 Å². The molecular formula is C27H26N4+2. The minimum atomic E-state index is 1.15. The third kappa shape index (κ3) is 3.26. The molecule has 0 atom stereocenters. The molecule has 0 amide bonds. The Balaban J connectivity index is 1.71.